The molecule has 106 valence electrons. The minimum absolute atomic E-state index is 0.604. The molecule has 0 saturated heterocycles. The van der Waals surface area contributed by atoms with Gasteiger partial charge in [0.1, 0.15) is 5.15 Å². The van der Waals surface area contributed by atoms with Crippen molar-refractivity contribution in [2.24, 2.45) is 0 Å². The van der Waals surface area contributed by atoms with E-state index in [1.807, 2.05) is 4.57 Å². The summed E-state index contributed by atoms with van der Waals surface area (Å²) in [6.07, 6.45) is 4.63. The molecule has 2 rings (SSSR count). The van der Waals surface area contributed by atoms with Crippen molar-refractivity contribution in [2.75, 3.05) is 0 Å². The number of hydrogen-bond acceptors (Lipinski definition) is 1. The molecular weight excluding hydrogens is 274 g/mol. The molecule has 1 heterocycles. The van der Waals surface area contributed by atoms with E-state index in [1.165, 1.54) is 5.56 Å². The number of carboxylic acid groups (broad SMARTS) is 1. The molecule has 0 spiro atoms. The Kier molecular flexibility index (Phi) is 4.50. The Morgan fingerprint density at radius 1 is 1.40 bits per heavy atom. The number of rotatable bonds is 5. The van der Waals surface area contributed by atoms with Gasteiger partial charge < -0.3 is 9.67 Å². The topological polar surface area (TPSA) is 42.2 Å². The molecule has 0 fully saturated rings. The first-order valence-electron chi connectivity index (χ1n) is 6.80. The number of hydrogen-bond donors (Lipinski definition) is 1. The Hall–Kier alpha value is -1.74. The van der Waals surface area contributed by atoms with Crippen LogP contribution in [0.25, 0.3) is 17.0 Å². The number of carbonyl (C=O) groups is 1. The van der Waals surface area contributed by atoms with E-state index in [2.05, 4.69) is 32.0 Å². The zero-order valence-electron chi connectivity index (χ0n) is 11.7. The van der Waals surface area contributed by atoms with Gasteiger partial charge in [-0.25, -0.2) is 4.79 Å². The van der Waals surface area contributed by atoms with Crippen LogP contribution < -0.4 is 0 Å². The van der Waals surface area contributed by atoms with Crippen molar-refractivity contribution >= 4 is 34.5 Å². The summed E-state index contributed by atoms with van der Waals surface area (Å²) >= 11 is 6.43. The van der Waals surface area contributed by atoms with Crippen LogP contribution in [0.4, 0.5) is 0 Å². The van der Waals surface area contributed by atoms with E-state index in [0.29, 0.717) is 5.15 Å². The van der Waals surface area contributed by atoms with E-state index >= 15 is 0 Å². The van der Waals surface area contributed by atoms with Crippen LogP contribution in [0, 0.1) is 0 Å². The van der Waals surface area contributed by atoms with Gasteiger partial charge in [0.2, 0.25) is 0 Å². The molecule has 3 nitrogen and oxygen atoms in total. The predicted molar refractivity (Wildman–Crippen MR) is 83.3 cm³/mol. The SMILES string of the molecule is CCCn1c(Cl)c(/C=C/C(=O)O)c2cc(CC)ccc21. The maximum atomic E-state index is 10.7. The summed E-state index contributed by atoms with van der Waals surface area (Å²) in [5, 5.41) is 10.4. The molecule has 0 radical (unpaired) electrons. The van der Waals surface area contributed by atoms with Crippen LogP contribution in [0.1, 0.15) is 31.4 Å². The first kappa shape index (κ1) is 14.7. The fraction of sp³-hybridized carbons (Fsp3) is 0.312. The van der Waals surface area contributed by atoms with Crippen molar-refractivity contribution in [3.05, 3.63) is 40.6 Å². The monoisotopic (exact) mass is 291 g/mol. The molecule has 1 N–H and O–H groups in total. The maximum Gasteiger partial charge on any atom is 0.328 e. The highest BCUT2D eigenvalue weighted by Gasteiger charge is 2.13. The molecule has 0 aliphatic heterocycles. The van der Waals surface area contributed by atoms with Gasteiger partial charge in [0, 0.05) is 29.1 Å². The highest BCUT2D eigenvalue weighted by molar-refractivity contribution is 6.33. The predicted octanol–water partition coefficient (Wildman–Crippen LogP) is 4.36. The lowest BCUT2D eigenvalue weighted by Crippen LogP contribution is -1.96. The summed E-state index contributed by atoms with van der Waals surface area (Å²) in [5.74, 6) is -0.968. The highest BCUT2D eigenvalue weighted by atomic mass is 35.5. The summed E-state index contributed by atoms with van der Waals surface area (Å²) < 4.78 is 2.04. The first-order valence-corrected chi connectivity index (χ1v) is 7.17. The van der Waals surface area contributed by atoms with Gasteiger partial charge in [-0.15, -0.1) is 0 Å². The average molecular weight is 292 g/mol. The minimum atomic E-state index is -0.968. The van der Waals surface area contributed by atoms with Crippen molar-refractivity contribution in [3.8, 4) is 0 Å². The Morgan fingerprint density at radius 2 is 2.15 bits per heavy atom. The second kappa shape index (κ2) is 6.14. The zero-order valence-corrected chi connectivity index (χ0v) is 12.4. The van der Waals surface area contributed by atoms with Crippen LogP contribution in [-0.2, 0) is 17.8 Å². The molecule has 0 aliphatic carbocycles. The number of fused-ring (bicyclic) bond motifs is 1. The number of nitrogens with zero attached hydrogens (tertiary/aromatic N) is 1. The highest BCUT2D eigenvalue weighted by Crippen LogP contribution is 2.32. The third kappa shape index (κ3) is 2.73. The zero-order chi connectivity index (χ0) is 14.7. The van der Waals surface area contributed by atoms with Crippen LogP contribution in [0.15, 0.2) is 24.3 Å². The van der Waals surface area contributed by atoms with Gasteiger partial charge in [0.25, 0.3) is 0 Å². The molecule has 0 unspecified atom stereocenters. The van der Waals surface area contributed by atoms with E-state index in [1.54, 1.807) is 6.08 Å². The van der Waals surface area contributed by atoms with Gasteiger partial charge in [0.05, 0.1) is 0 Å². The van der Waals surface area contributed by atoms with E-state index in [4.69, 9.17) is 16.7 Å². The van der Waals surface area contributed by atoms with Crippen LogP contribution in [0.2, 0.25) is 5.15 Å². The van der Waals surface area contributed by atoms with E-state index in [-0.39, 0.29) is 0 Å². The van der Waals surface area contributed by atoms with Gasteiger partial charge in [0.15, 0.2) is 0 Å². The number of aryl methyl sites for hydroxylation is 2. The molecule has 0 aliphatic rings. The third-order valence-electron chi connectivity index (χ3n) is 3.35. The number of halogens is 1. The minimum Gasteiger partial charge on any atom is -0.478 e. The summed E-state index contributed by atoms with van der Waals surface area (Å²) in [5.41, 5.74) is 3.06. The Bertz CT molecular complexity index is 671. The molecule has 20 heavy (non-hydrogen) atoms. The lowest BCUT2D eigenvalue weighted by molar-refractivity contribution is -0.131. The van der Waals surface area contributed by atoms with Crippen molar-refractivity contribution in [2.45, 2.75) is 33.2 Å². The summed E-state index contributed by atoms with van der Waals surface area (Å²) in [7, 11) is 0. The lowest BCUT2D eigenvalue weighted by Gasteiger charge is -2.05. The van der Waals surface area contributed by atoms with Crippen molar-refractivity contribution in [1.82, 2.24) is 4.57 Å². The molecule has 2 aromatic rings. The number of aliphatic carboxylic acids is 1. The van der Waals surface area contributed by atoms with Crippen molar-refractivity contribution in [3.63, 3.8) is 0 Å². The van der Waals surface area contributed by atoms with E-state index in [9.17, 15) is 4.79 Å². The fourth-order valence-corrected chi connectivity index (χ4v) is 2.71. The van der Waals surface area contributed by atoms with Gasteiger partial charge in [-0.2, -0.15) is 0 Å². The summed E-state index contributed by atoms with van der Waals surface area (Å²) in [4.78, 5) is 10.7. The van der Waals surface area contributed by atoms with Crippen LogP contribution >= 0.6 is 11.6 Å². The quantitative estimate of drug-likeness (QED) is 0.831. The van der Waals surface area contributed by atoms with Crippen LogP contribution in [0.3, 0.4) is 0 Å². The molecular formula is C16H18ClNO2. The Balaban J connectivity index is 2.69. The second-order valence-electron chi connectivity index (χ2n) is 4.73. The normalized spacial score (nSPS) is 11.6. The molecule has 4 heteroatoms. The maximum absolute atomic E-state index is 10.7. The van der Waals surface area contributed by atoms with Crippen molar-refractivity contribution in [1.29, 1.82) is 0 Å². The first-order chi connectivity index (χ1) is 9.58. The van der Waals surface area contributed by atoms with E-state index < -0.39 is 5.97 Å². The fourth-order valence-electron chi connectivity index (χ4n) is 2.37. The molecule has 1 aromatic heterocycles. The number of aromatic nitrogens is 1. The second-order valence-corrected chi connectivity index (χ2v) is 5.09. The summed E-state index contributed by atoms with van der Waals surface area (Å²) in [6.45, 7) is 5.01. The van der Waals surface area contributed by atoms with Gasteiger partial charge >= 0.3 is 5.97 Å². The standard InChI is InChI=1S/C16H18ClNO2/c1-3-9-18-14-7-5-11(4-2)10-13(14)12(16(18)17)6-8-15(19)20/h5-8,10H,3-4,9H2,1-2H3,(H,19,20)/b8-6+. The number of carboxylic acids is 1. The Morgan fingerprint density at radius 3 is 2.75 bits per heavy atom. The number of benzene rings is 1. The molecule has 0 saturated carbocycles. The van der Waals surface area contributed by atoms with Gasteiger partial charge in [-0.3, -0.25) is 0 Å². The van der Waals surface area contributed by atoms with Crippen LogP contribution in [-0.4, -0.2) is 15.6 Å². The lowest BCUT2D eigenvalue weighted by atomic mass is 10.1. The molecule has 0 atom stereocenters. The van der Waals surface area contributed by atoms with Crippen LogP contribution in [0.5, 0.6) is 0 Å². The summed E-state index contributed by atoms with van der Waals surface area (Å²) in [6, 6.07) is 6.25. The van der Waals surface area contributed by atoms with Gasteiger partial charge in [-0.1, -0.05) is 31.5 Å². The van der Waals surface area contributed by atoms with E-state index in [0.717, 1.165) is 41.9 Å². The van der Waals surface area contributed by atoms with Crippen molar-refractivity contribution < 1.29 is 9.90 Å². The Labute approximate surface area is 123 Å². The average Bonchev–Trinajstić information content (AvgIpc) is 2.69. The molecule has 0 bridgehead atoms. The molecule has 1 aromatic carbocycles. The molecule has 0 amide bonds. The smallest absolute Gasteiger partial charge is 0.328 e. The third-order valence-corrected chi connectivity index (χ3v) is 3.76. The largest absolute Gasteiger partial charge is 0.478 e. The van der Waals surface area contributed by atoms with Gasteiger partial charge in [-0.05, 0) is 36.6 Å².